The van der Waals surface area contributed by atoms with Crippen LogP contribution in [0.5, 0.6) is 0 Å². The smallest absolute Gasteiger partial charge is 0.369 e. The monoisotopic (exact) mass is 496 g/mol. The van der Waals surface area contributed by atoms with Crippen molar-refractivity contribution in [3.8, 4) is 0 Å². The standard InChI is InChI=1S/C21H22F6N2O3S/c1-2-16-14-28(33(31,32)18-6-4-3-5-7-18)12-13-29(16)17-10-8-15(9-11-17)19(30,20(22,23)24)21(25,26)27/h3-11,16,30H,2,12-14H2,1H3/t16-/m0/s1. The van der Waals surface area contributed by atoms with Crippen molar-refractivity contribution >= 4 is 15.7 Å². The third-order valence-electron chi connectivity index (χ3n) is 5.73. The first kappa shape index (κ1) is 25.3. The SMILES string of the molecule is CC[C@H]1CN(S(=O)(=O)c2ccccc2)CCN1c1ccc(C(O)(C(F)(F)F)C(F)(F)F)cc1. The minimum Gasteiger partial charge on any atom is -0.369 e. The lowest BCUT2D eigenvalue weighted by atomic mass is 9.92. The molecule has 12 heteroatoms. The van der Waals surface area contributed by atoms with Gasteiger partial charge in [0.1, 0.15) is 0 Å². The molecule has 0 aromatic heterocycles. The molecule has 0 amide bonds. The second kappa shape index (κ2) is 8.80. The number of nitrogens with zero attached hydrogens (tertiary/aromatic N) is 2. The van der Waals surface area contributed by atoms with Crippen molar-refractivity contribution in [2.75, 3.05) is 24.5 Å². The van der Waals surface area contributed by atoms with Gasteiger partial charge in [-0.25, -0.2) is 8.42 Å². The Morgan fingerprint density at radius 1 is 0.909 bits per heavy atom. The normalized spacial score (nSPS) is 19.0. The lowest BCUT2D eigenvalue weighted by Gasteiger charge is -2.42. The van der Waals surface area contributed by atoms with Gasteiger partial charge in [-0.2, -0.15) is 30.6 Å². The summed E-state index contributed by atoms with van der Waals surface area (Å²) in [6.07, 6.45) is -11.4. The molecule has 182 valence electrons. The molecule has 1 atom stereocenters. The first-order chi connectivity index (χ1) is 15.2. The molecule has 3 rings (SSSR count). The Hall–Kier alpha value is -2.31. The average Bonchev–Trinajstić information content (AvgIpc) is 2.77. The summed E-state index contributed by atoms with van der Waals surface area (Å²) in [5.74, 6) is 0. The molecule has 1 aliphatic heterocycles. The second-order valence-corrected chi connectivity index (χ2v) is 9.62. The van der Waals surface area contributed by atoms with Crippen LogP contribution in [0.15, 0.2) is 59.5 Å². The zero-order valence-electron chi connectivity index (χ0n) is 17.4. The van der Waals surface area contributed by atoms with Gasteiger partial charge in [-0.15, -0.1) is 0 Å². The fraction of sp³-hybridized carbons (Fsp3) is 0.429. The second-order valence-electron chi connectivity index (χ2n) is 7.68. The predicted octanol–water partition coefficient (Wildman–Crippen LogP) is 4.29. The third-order valence-corrected chi connectivity index (χ3v) is 7.61. The molecule has 0 aliphatic carbocycles. The topological polar surface area (TPSA) is 60.9 Å². The Balaban J connectivity index is 1.85. The van der Waals surface area contributed by atoms with Crippen LogP contribution >= 0.6 is 0 Å². The highest BCUT2D eigenvalue weighted by Crippen LogP contribution is 2.50. The van der Waals surface area contributed by atoms with Gasteiger partial charge in [-0.1, -0.05) is 37.3 Å². The third kappa shape index (κ3) is 4.56. The van der Waals surface area contributed by atoms with E-state index < -0.39 is 33.5 Å². The number of sulfonamides is 1. The summed E-state index contributed by atoms with van der Waals surface area (Å²) in [5.41, 5.74) is -6.01. The summed E-state index contributed by atoms with van der Waals surface area (Å²) >= 11 is 0. The Morgan fingerprint density at radius 3 is 1.94 bits per heavy atom. The van der Waals surface area contributed by atoms with Crippen LogP contribution in [-0.4, -0.2) is 55.9 Å². The highest BCUT2D eigenvalue weighted by atomic mass is 32.2. The number of halogens is 6. The van der Waals surface area contributed by atoms with Crippen molar-refractivity contribution in [3.63, 3.8) is 0 Å². The maximum absolute atomic E-state index is 13.1. The van der Waals surface area contributed by atoms with Crippen LogP contribution in [0.1, 0.15) is 18.9 Å². The van der Waals surface area contributed by atoms with Crippen molar-refractivity contribution < 1.29 is 39.9 Å². The average molecular weight is 496 g/mol. The van der Waals surface area contributed by atoms with E-state index in [1.54, 1.807) is 30.0 Å². The van der Waals surface area contributed by atoms with Crippen molar-refractivity contribution in [2.24, 2.45) is 0 Å². The number of anilines is 1. The predicted molar refractivity (Wildman–Crippen MR) is 109 cm³/mol. The quantitative estimate of drug-likeness (QED) is 0.628. The molecule has 0 saturated carbocycles. The minimum atomic E-state index is -5.96. The lowest BCUT2D eigenvalue weighted by molar-refractivity contribution is -0.376. The zero-order valence-corrected chi connectivity index (χ0v) is 18.3. The lowest BCUT2D eigenvalue weighted by Crippen LogP contribution is -2.55. The van der Waals surface area contributed by atoms with Gasteiger partial charge in [-0.3, -0.25) is 0 Å². The molecule has 5 nitrogen and oxygen atoms in total. The number of hydrogen-bond donors (Lipinski definition) is 1. The van der Waals surface area contributed by atoms with Crippen LogP contribution in [0.25, 0.3) is 0 Å². The summed E-state index contributed by atoms with van der Waals surface area (Å²) in [4.78, 5) is 1.87. The van der Waals surface area contributed by atoms with E-state index in [0.717, 1.165) is 12.1 Å². The van der Waals surface area contributed by atoms with E-state index in [-0.39, 0.29) is 30.6 Å². The molecular formula is C21H22F6N2O3S. The van der Waals surface area contributed by atoms with Gasteiger partial charge in [0.25, 0.3) is 5.60 Å². The molecule has 1 fully saturated rings. The largest absolute Gasteiger partial charge is 0.430 e. The molecule has 1 N–H and O–H groups in total. The van der Waals surface area contributed by atoms with Gasteiger partial charge in [0.05, 0.1) is 4.90 Å². The minimum absolute atomic E-state index is 0.0878. The molecule has 0 bridgehead atoms. The Morgan fingerprint density at radius 2 is 1.45 bits per heavy atom. The van der Waals surface area contributed by atoms with Gasteiger partial charge in [0.15, 0.2) is 0 Å². The number of alkyl halides is 6. The Labute approximate surface area is 187 Å². The van der Waals surface area contributed by atoms with Gasteiger partial charge < -0.3 is 10.0 Å². The van der Waals surface area contributed by atoms with E-state index in [2.05, 4.69) is 0 Å². The van der Waals surface area contributed by atoms with Gasteiger partial charge in [0.2, 0.25) is 10.0 Å². The molecule has 0 unspecified atom stereocenters. The van der Waals surface area contributed by atoms with Crippen LogP contribution in [0.3, 0.4) is 0 Å². The Bertz CT molecular complexity index is 1040. The first-order valence-electron chi connectivity index (χ1n) is 10.0. The maximum Gasteiger partial charge on any atom is 0.430 e. The molecule has 1 heterocycles. The van der Waals surface area contributed by atoms with Crippen LogP contribution in [0.4, 0.5) is 32.0 Å². The molecule has 2 aromatic carbocycles. The first-order valence-corrected chi connectivity index (χ1v) is 11.5. The molecule has 0 radical (unpaired) electrons. The fourth-order valence-corrected chi connectivity index (χ4v) is 5.35. The van der Waals surface area contributed by atoms with E-state index in [0.29, 0.717) is 24.2 Å². The van der Waals surface area contributed by atoms with Gasteiger partial charge in [-0.05, 0) is 30.7 Å². The van der Waals surface area contributed by atoms with E-state index in [4.69, 9.17) is 0 Å². The van der Waals surface area contributed by atoms with E-state index in [9.17, 15) is 39.9 Å². The van der Waals surface area contributed by atoms with Crippen LogP contribution in [0, 0.1) is 0 Å². The molecular weight excluding hydrogens is 474 g/mol. The van der Waals surface area contributed by atoms with E-state index >= 15 is 0 Å². The van der Waals surface area contributed by atoms with Gasteiger partial charge in [0, 0.05) is 36.9 Å². The highest BCUT2D eigenvalue weighted by Gasteiger charge is 2.71. The number of rotatable bonds is 5. The molecule has 33 heavy (non-hydrogen) atoms. The van der Waals surface area contributed by atoms with Gasteiger partial charge >= 0.3 is 12.4 Å². The summed E-state index contributed by atoms with van der Waals surface area (Å²) in [5, 5.41) is 9.55. The summed E-state index contributed by atoms with van der Waals surface area (Å²) < 4.78 is 106. The highest BCUT2D eigenvalue weighted by molar-refractivity contribution is 7.89. The molecule has 2 aromatic rings. The zero-order chi connectivity index (χ0) is 24.7. The fourth-order valence-electron chi connectivity index (χ4n) is 3.86. The van der Waals surface area contributed by atoms with Crippen molar-refractivity contribution in [3.05, 3.63) is 60.2 Å². The summed E-state index contributed by atoms with van der Waals surface area (Å²) in [6, 6.07) is 10.8. The van der Waals surface area contributed by atoms with Crippen LogP contribution < -0.4 is 4.90 Å². The Kier molecular flexibility index (Phi) is 6.75. The summed E-state index contributed by atoms with van der Waals surface area (Å²) in [7, 11) is -3.75. The van der Waals surface area contributed by atoms with Crippen molar-refractivity contribution in [2.45, 2.75) is 42.2 Å². The molecule has 0 spiro atoms. The van der Waals surface area contributed by atoms with Crippen molar-refractivity contribution in [1.82, 2.24) is 4.31 Å². The van der Waals surface area contributed by atoms with E-state index in [1.807, 2.05) is 0 Å². The summed E-state index contributed by atoms with van der Waals surface area (Å²) in [6.45, 7) is 2.18. The maximum atomic E-state index is 13.1. The van der Waals surface area contributed by atoms with E-state index in [1.165, 1.54) is 16.4 Å². The number of hydrogen-bond acceptors (Lipinski definition) is 4. The molecule has 1 aliphatic rings. The van der Waals surface area contributed by atoms with Crippen LogP contribution in [0.2, 0.25) is 0 Å². The number of piperazine rings is 1. The number of benzene rings is 2. The molecule has 1 saturated heterocycles. The number of aliphatic hydroxyl groups is 1. The van der Waals surface area contributed by atoms with Crippen molar-refractivity contribution in [1.29, 1.82) is 0 Å². The van der Waals surface area contributed by atoms with Crippen LogP contribution in [-0.2, 0) is 15.6 Å².